The molecule has 11 heavy (non-hydrogen) atoms. The van der Waals surface area contributed by atoms with Crippen molar-refractivity contribution in [3.63, 3.8) is 0 Å². The minimum absolute atomic E-state index is 0.0965. The molecular weight excluding hydrogens is 144 g/mol. The molecule has 0 aromatic carbocycles. The fourth-order valence-electron chi connectivity index (χ4n) is 1.05. The van der Waals surface area contributed by atoms with Gasteiger partial charge in [-0.1, -0.05) is 0 Å². The van der Waals surface area contributed by atoms with Crippen LogP contribution in [0.2, 0.25) is 0 Å². The molecule has 58 valence electrons. The second-order valence-electron chi connectivity index (χ2n) is 2.54. The Morgan fingerprint density at radius 1 is 1.64 bits per heavy atom. The summed E-state index contributed by atoms with van der Waals surface area (Å²) in [5, 5.41) is 0. The van der Waals surface area contributed by atoms with Gasteiger partial charge < -0.3 is 9.72 Å². The summed E-state index contributed by atoms with van der Waals surface area (Å²) >= 11 is 0. The van der Waals surface area contributed by atoms with Crippen molar-refractivity contribution in [1.82, 2.24) is 9.97 Å². The number of aromatic amines is 1. The standard InChI is InChI=1S/C7H8N2O2/c10-7-6(5-3-11-4-5)8-1-2-9-7/h1-2,5H,3-4H2,(H,9,10). The maximum absolute atomic E-state index is 11.1. The second kappa shape index (κ2) is 2.47. The van der Waals surface area contributed by atoms with Crippen LogP contribution < -0.4 is 5.56 Å². The number of nitrogens with one attached hydrogen (secondary N) is 1. The molecule has 0 atom stereocenters. The summed E-state index contributed by atoms with van der Waals surface area (Å²) in [7, 11) is 0. The van der Waals surface area contributed by atoms with Crippen LogP contribution in [-0.4, -0.2) is 23.2 Å². The molecule has 0 radical (unpaired) electrons. The first-order valence-electron chi connectivity index (χ1n) is 3.49. The number of aromatic nitrogens is 2. The van der Waals surface area contributed by atoms with Crippen molar-refractivity contribution >= 4 is 0 Å². The smallest absolute Gasteiger partial charge is 0.270 e. The van der Waals surface area contributed by atoms with Crippen molar-refractivity contribution in [2.45, 2.75) is 5.92 Å². The maximum Gasteiger partial charge on any atom is 0.270 e. The largest absolute Gasteiger partial charge is 0.380 e. The molecule has 0 spiro atoms. The number of hydrogen-bond acceptors (Lipinski definition) is 3. The van der Waals surface area contributed by atoms with Crippen molar-refractivity contribution < 1.29 is 4.74 Å². The van der Waals surface area contributed by atoms with Gasteiger partial charge in [-0.15, -0.1) is 0 Å². The van der Waals surface area contributed by atoms with Crippen molar-refractivity contribution in [2.24, 2.45) is 0 Å². The van der Waals surface area contributed by atoms with Gasteiger partial charge in [0.25, 0.3) is 5.56 Å². The highest BCUT2D eigenvalue weighted by atomic mass is 16.5. The molecular formula is C7H8N2O2. The molecule has 1 N–H and O–H groups in total. The molecule has 1 aromatic rings. The first-order chi connectivity index (χ1) is 5.38. The molecule has 1 fully saturated rings. The molecule has 1 saturated heterocycles. The van der Waals surface area contributed by atoms with Crippen LogP contribution in [0.15, 0.2) is 17.2 Å². The van der Waals surface area contributed by atoms with Gasteiger partial charge in [0.1, 0.15) is 5.69 Å². The van der Waals surface area contributed by atoms with Crippen LogP contribution in [0.3, 0.4) is 0 Å². The van der Waals surface area contributed by atoms with Gasteiger partial charge in [-0.3, -0.25) is 9.78 Å². The highest BCUT2D eigenvalue weighted by Gasteiger charge is 2.23. The van der Waals surface area contributed by atoms with E-state index in [-0.39, 0.29) is 11.5 Å². The monoisotopic (exact) mass is 152 g/mol. The van der Waals surface area contributed by atoms with E-state index in [1.54, 1.807) is 6.20 Å². The average molecular weight is 152 g/mol. The van der Waals surface area contributed by atoms with Gasteiger partial charge in [0.15, 0.2) is 0 Å². The lowest BCUT2D eigenvalue weighted by Gasteiger charge is -2.24. The molecule has 4 nitrogen and oxygen atoms in total. The lowest BCUT2D eigenvalue weighted by molar-refractivity contribution is 0.00609. The maximum atomic E-state index is 11.1. The Labute approximate surface area is 63.2 Å². The Hall–Kier alpha value is -1.16. The van der Waals surface area contributed by atoms with E-state index in [9.17, 15) is 4.79 Å². The van der Waals surface area contributed by atoms with Crippen molar-refractivity contribution in [3.8, 4) is 0 Å². The van der Waals surface area contributed by atoms with Crippen LogP contribution in [0.4, 0.5) is 0 Å². The molecule has 1 aromatic heterocycles. The normalized spacial score (nSPS) is 17.8. The minimum atomic E-state index is -0.0965. The molecule has 2 rings (SSSR count). The summed E-state index contributed by atoms with van der Waals surface area (Å²) in [6.07, 6.45) is 3.13. The summed E-state index contributed by atoms with van der Waals surface area (Å²) in [6.45, 7) is 1.25. The summed E-state index contributed by atoms with van der Waals surface area (Å²) < 4.78 is 4.95. The third-order valence-corrected chi connectivity index (χ3v) is 1.76. The molecule has 0 bridgehead atoms. The van der Waals surface area contributed by atoms with E-state index in [1.165, 1.54) is 6.20 Å². The highest BCUT2D eigenvalue weighted by Crippen LogP contribution is 2.18. The van der Waals surface area contributed by atoms with Crippen LogP contribution in [0.1, 0.15) is 11.6 Å². The third kappa shape index (κ3) is 1.05. The number of hydrogen-bond donors (Lipinski definition) is 1. The summed E-state index contributed by atoms with van der Waals surface area (Å²) in [4.78, 5) is 17.6. The van der Waals surface area contributed by atoms with E-state index < -0.39 is 0 Å². The van der Waals surface area contributed by atoms with Crippen molar-refractivity contribution in [1.29, 1.82) is 0 Å². The number of H-pyrrole nitrogens is 1. The quantitative estimate of drug-likeness (QED) is 0.610. The van der Waals surface area contributed by atoms with Crippen LogP contribution in [0, 0.1) is 0 Å². The lowest BCUT2D eigenvalue weighted by Crippen LogP contribution is -2.31. The highest BCUT2D eigenvalue weighted by molar-refractivity contribution is 5.06. The Balaban J connectivity index is 2.36. The van der Waals surface area contributed by atoms with E-state index in [4.69, 9.17) is 4.74 Å². The van der Waals surface area contributed by atoms with Crippen LogP contribution in [0.5, 0.6) is 0 Å². The van der Waals surface area contributed by atoms with Crippen LogP contribution in [0.25, 0.3) is 0 Å². The first kappa shape index (κ1) is 6.54. The molecule has 1 aliphatic rings. The molecule has 0 unspecified atom stereocenters. The Morgan fingerprint density at radius 3 is 3.00 bits per heavy atom. The number of ether oxygens (including phenoxy) is 1. The van der Waals surface area contributed by atoms with E-state index in [1.807, 2.05) is 0 Å². The molecule has 2 heterocycles. The van der Waals surface area contributed by atoms with Crippen LogP contribution in [-0.2, 0) is 4.74 Å². The molecule has 0 aliphatic carbocycles. The van der Waals surface area contributed by atoms with Crippen molar-refractivity contribution in [3.05, 3.63) is 28.4 Å². The lowest BCUT2D eigenvalue weighted by atomic mass is 10.1. The fraction of sp³-hybridized carbons (Fsp3) is 0.429. The number of rotatable bonds is 1. The Kier molecular flexibility index (Phi) is 1.47. The Bertz CT molecular complexity index is 303. The average Bonchev–Trinajstić information content (AvgIpc) is 1.90. The van der Waals surface area contributed by atoms with Gasteiger partial charge in [0, 0.05) is 12.4 Å². The van der Waals surface area contributed by atoms with Gasteiger partial charge in [-0.05, 0) is 0 Å². The van der Waals surface area contributed by atoms with E-state index in [0.717, 1.165) is 0 Å². The molecule has 0 amide bonds. The number of nitrogens with zero attached hydrogens (tertiary/aromatic N) is 1. The predicted octanol–water partition coefficient (Wildman–Crippen LogP) is -0.116. The second-order valence-corrected chi connectivity index (χ2v) is 2.54. The topological polar surface area (TPSA) is 55.0 Å². The van der Waals surface area contributed by atoms with E-state index in [0.29, 0.717) is 18.9 Å². The van der Waals surface area contributed by atoms with E-state index >= 15 is 0 Å². The zero-order valence-electron chi connectivity index (χ0n) is 5.91. The van der Waals surface area contributed by atoms with Crippen molar-refractivity contribution in [2.75, 3.05) is 13.2 Å². The predicted molar refractivity (Wildman–Crippen MR) is 38.4 cm³/mol. The molecule has 4 heteroatoms. The molecule has 0 saturated carbocycles. The SMILES string of the molecule is O=c1[nH]ccnc1C1COC1. The third-order valence-electron chi connectivity index (χ3n) is 1.76. The summed E-state index contributed by atoms with van der Waals surface area (Å²) in [5.41, 5.74) is 0.500. The van der Waals surface area contributed by atoms with Gasteiger partial charge >= 0.3 is 0 Å². The van der Waals surface area contributed by atoms with Gasteiger partial charge in [-0.25, -0.2) is 0 Å². The first-order valence-corrected chi connectivity index (χ1v) is 3.49. The van der Waals surface area contributed by atoms with Gasteiger partial charge in [-0.2, -0.15) is 0 Å². The minimum Gasteiger partial charge on any atom is -0.380 e. The van der Waals surface area contributed by atoms with Gasteiger partial charge in [0.05, 0.1) is 19.1 Å². The summed E-state index contributed by atoms with van der Waals surface area (Å²) in [6, 6.07) is 0. The fourth-order valence-corrected chi connectivity index (χ4v) is 1.05. The van der Waals surface area contributed by atoms with Crippen LogP contribution >= 0.6 is 0 Å². The summed E-state index contributed by atoms with van der Waals surface area (Å²) in [5.74, 6) is 0.208. The van der Waals surface area contributed by atoms with Gasteiger partial charge in [0.2, 0.25) is 0 Å². The van der Waals surface area contributed by atoms with E-state index in [2.05, 4.69) is 9.97 Å². The molecule has 1 aliphatic heterocycles. The zero-order valence-corrected chi connectivity index (χ0v) is 5.91. The zero-order chi connectivity index (χ0) is 7.68. The Morgan fingerprint density at radius 2 is 2.45 bits per heavy atom.